The van der Waals surface area contributed by atoms with Crippen LogP contribution < -0.4 is 16.6 Å². The molecule has 16 heavy (non-hydrogen) atoms. The molecular formula is C11H17N3O2. The third-order valence-corrected chi connectivity index (χ3v) is 3.15. The van der Waals surface area contributed by atoms with Crippen LogP contribution in [0.15, 0.2) is 15.8 Å². The molecule has 0 amide bonds. The highest BCUT2D eigenvalue weighted by Crippen LogP contribution is 2.15. The SMILES string of the molecule is Cn1cc(CC2CCNCC2)c(=O)[nH]c1=O. The van der Waals surface area contributed by atoms with Crippen molar-refractivity contribution < 1.29 is 0 Å². The topological polar surface area (TPSA) is 66.9 Å². The quantitative estimate of drug-likeness (QED) is 0.718. The van der Waals surface area contributed by atoms with Crippen molar-refractivity contribution in [3.8, 4) is 0 Å². The minimum atomic E-state index is -0.348. The number of nitrogens with zero attached hydrogens (tertiary/aromatic N) is 1. The summed E-state index contributed by atoms with van der Waals surface area (Å²) in [5, 5.41) is 3.29. The van der Waals surface area contributed by atoms with Gasteiger partial charge in [-0.25, -0.2) is 4.79 Å². The molecule has 1 saturated heterocycles. The second-order valence-electron chi connectivity index (χ2n) is 4.42. The van der Waals surface area contributed by atoms with Gasteiger partial charge in [0, 0.05) is 18.8 Å². The van der Waals surface area contributed by atoms with Gasteiger partial charge in [0.2, 0.25) is 0 Å². The molecule has 1 fully saturated rings. The maximum atomic E-state index is 11.6. The fourth-order valence-corrected chi connectivity index (χ4v) is 2.16. The molecule has 2 rings (SSSR count). The molecule has 1 aliphatic heterocycles. The van der Waals surface area contributed by atoms with E-state index in [1.807, 2.05) is 0 Å². The van der Waals surface area contributed by atoms with Crippen LogP contribution in [0, 0.1) is 5.92 Å². The highest BCUT2D eigenvalue weighted by atomic mass is 16.2. The lowest BCUT2D eigenvalue weighted by Gasteiger charge is -2.22. The molecular weight excluding hydrogens is 206 g/mol. The summed E-state index contributed by atoms with van der Waals surface area (Å²) < 4.78 is 1.43. The van der Waals surface area contributed by atoms with Gasteiger partial charge >= 0.3 is 5.69 Å². The average molecular weight is 223 g/mol. The molecule has 1 aromatic rings. The van der Waals surface area contributed by atoms with Crippen LogP contribution in [0.3, 0.4) is 0 Å². The largest absolute Gasteiger partial charge is 0.328 e. The summed E-state index contributed by atoms with van der Waals surface area (Å²) in [7, 11) is 1.66. The van der Waals surface area contributed by atoms with Crippen LogP contribution in [-0.4, -0.2) is 22.6 Å². The van der Waals surface area contributed by atoms with Gasteiger partial charge in [0.05, 0.1) is 0 Å². The molecule has 2 heterocycles. The van der Waals surface area contributed by atoms with E-state index in [0.717, 1.165) is 32.4 Å². The summed E-state index contributed by atoms with van der Waals surface area (Å²) in [6.07, 6.45) is 4.62. The lowest BCUT2D eigenvalue weighted by molar-refractivity contribution is 0.371. The van der Waals surface area contributed by atoms with Crippen LogP contribution in [-0.2, 0) is 13.5 Å². The molecule has 0 aromatic carbocycles. The molecule has 0 aliphatic carbocycles. The summed E-state index contributed by atoms with van der Waals surface area (Å²) in [4.78, 5) is 25.1. The first-order chi connectivity index (χ1) is 7.66. The standard InChI is InChI=1S/C11H17N3O2/c1-14-7-9(10(15)13-11(14)16)6-8-2-4-12-5-3-8/h7-8,12H,2-6H2,1H3,(H,13,15,16). The zero-order valence-corrected chi connectivity index (χ0v) is 9.45. The Balaban J connectivity index is 2.17. The van der Waals surface area contributed by atoms with Gasteiger partial charge in [-0.1, -0.05) is 0 Å². The Bertz CT molecular complexity index is 469. The van der Waals surface area contributed by atoms with E-state index in [1.165, 1.54) is 4.57 Å². The number of aromatic amines is 1. The normalized spacial score (nSPS) is 17.6. The van der Waals surface area contributed by atoms with E-state index >= 15 is 0 Å². The van der Waals surface area contributed by atoms with Crippen molar-refractivity contribution in [2.45, 2.75) is 19.3 Å². The number of rotatable bonds is 2. The first-order valence-electron chi connectivity index (χ1n) is 5.66. The maximum absolute atomic E-state index is 11.6. The summed E-state index contributed by atoms with van der Waals surface area (Å²) >= 11 is 0. The summed E-state index contributed by atoms with van der Waals surface area (Å²) in [5.74, 6) is 0.555. The average Bonchev–Trinajstić information content (AvgIpc) is 2.27. The van der Waals surface area contributed by atoms with Crippen molar-refractivity contribution in [3.05, 3.63) is 32.6 Å². The first kappa shape index (κ1) is 11.1. The number of aromatic nitrogens is 2. The van der Waals surface area contributed by atoms with Crippen molar-refractivity contribution in [2.75, 3.05) is 13.1 Å². The molecule has 1 aliphatic rings. The summed E-state index contributed by atoms with van der Waals surface area (Å²) in [6.45, 7) is 2.04. The van der Waals surface area contributed by atoms with Crippen molar-refractivity contribution in [1.29, 1.82) is 0 Å². The number of hydrogen-bond donors (Lipinski definition) is 2. The lowest BCUT2D eigenvalue weighted by Crippen LogP contribution is -2.33. The highest BCUT2D eigenvalue weighted by Gasteiger charge is 2.15. The van der Waals surface area contributed by atoms with Crippen molar-refractivity contribution in [3.63, 3.8) is 0 Å². The van der Waals surface area contributed by atoms with Gasteiger partial charge in [-0.15, -0.1) is 0 Å². The molecule has 88 valence electrons. The second kappa shape index (κ2) is 4.65. The Kier molecular flexibility index (Phi) is 3.24. The Labute approximate surface area is 93.5 Å². The lowest BCUT2D eigenvalue weighted by atomic mass is 9.92. The Hall–Kier alpha value is -1.36. The van der Waals surface area contributed by atoms with E-state index in [-0.39, 0.29) is 11.2 Å². The number of nitrogens with one attached hydrogen (secondary N) is 2. The Morgan fingerprint density at radius 1 is 1.38 bits per heavy atom. The number of hydrogen-bond acceptors (Lipinski definition) is 3. The fraction of sp³-hybridized carbons (Fsp3) is 0.636. The van der Waals surface area contributed by atoms with E-state index in [2.05, 4.69) is 10.3 Å². The van der Waals surface area contributed by atoms with Gasteiger partial charge in [0.1, 0.15) is 0 Å². The van der Waals surface area contributed by atoms with Crippen LogP contribution in [0.5, 0.6) is 0 Å². The third-order valence-electron chi connectivity index (χ3n) is 3.15. The minimum absolute atomic E-state index is 0.235. The Morgan fingerprint density at radius 2 is 2.06 bits per heavy atom. The third kappa shape index (κ3) is 2.41. The summed E-state index contributed by atoms with van der Waals surface area (Å²) in [6, 6.07) is 0. The molecule has 0 bridgehead atoms. The van der Waals surface area contributed by atoms with Crippen molar-refractivity contribution in [1.82, 2.24) is 14.9 Å². The second-order valence-corrected chi connectivity index (χ2v) is 4.42. The van der Waals surface area contributed by atoms with Gasteiger partial charge in [-0.3, -0.25) is 9.78 Å². The predicted molar refractivity (Wildman–Crippen MR) is 61.6 cm³/mol. The summed E-state index contributed by atoms with van der Waals surface area (Å²) in [5.41, 5.74) is 0.134. The molecule has 2 N–H and O–H groups in total. The van der Waals surface area contributed by atoms with Crippen LogP contribution in [0.2, 0.25) is 0 Å². The van der Waals surface area contributed by atoms with Gasteiger partial charge in [0.15, 0.2) is 0 Å². The number of H-pyrrole nitrogens is 1. The Morgan fingerprint density at radius 3 is 2.75 bits per heavy atom. The van der Waals surface area contributed by atoms with E-state index in [1.54, 1.807) is 13.2 Å². The van der Waals surface area contributed by atoms with Crippen LogP contribution >= 0.6 is 0 Å². The van der Waals surface area contributed by atoms with Crippen LogP contribution in [0.1, 0.15) is 18.4 Å². The van der Waals surface area contributed by atoms with E-state index in [4.69, 9.17) is 0 Å². The molecule has 0 spiro atoms. The van der Waals surface area contributed by atoms with Crippen molar-refractivity contribution >= 4 is 0 Å². The fourth-order valence-electron chi connectivity index (χ4n) is 2.16. The number of aryl methyl sites for hydroxylation is 1. The van der Waals surface area contributed by atoms with Gasteiger partial charge in [-0.05, 0) is 38.3 Å². The first-order valence-corrected chi connectivity index (χ1v) is 5.66. The van der Waals surface area contributed by atoms with Gasteiger partial charge < -0.3 is 9.88 Å². The van der Waals surface area contributed by atoms with Crippen LogP contribution in [0.25, 0.3) is 0 Å². The highest BCUT2D eigenvalue weighted by molar-refractivity contribution is 5.05. The van der Waals surface area contributed by atoms with Gasteiger partial charge in [-0.2, -0.15) is 0 Å². The number of piperidine rings is 1. The van der Waals surface area contributed by atoms with Crippen molar-refractivity contribution in [2.24, 2.45) is 13.0 Å². The monoisotopic (exact) mass is 223 g/mol. The smallest absolute Gasteiger partial charge is 0.317 e. The molecule has 0 radical (unpaired) electrons. The molecule has 0 unspecified atom stereocenters. The zero-order valence-electron chi connectivity index (χ0n) is 9.45. The predicted octanol–water partition coefficient (Wildman–Crippen LogP) is -0.384. The van der Waals surface area contributed by atoms with E-state index in [9.17, 15) is 9.59 Å². The molecule has 5 heteroatoms. The maximum Gasteiger partial charge on any atom is 0.328 e. The molecule has 5 nitrogen and oxygen atoms in total. The minimum Gasteiger partial charge on any atom is -0.317 e. The zero-order chi connectivity index (χ0) is 11.5. The van der Waals surface area contributed by atoms with Gasteiger partial charge in [0.25, 0.3) is 5.56 Å². The van der Waals surface area contributed by atoms with Crippen LogP contribution in [0.4, 0.5) is 0 Å². The molecule has 0 saturated carbocycles. The molecule has 1 aromatic heterocycles. The van der Waals surface area contributed by atoms with E-state index < -0.39 is 0 Å². The molecule has 0 atom stereocenters. The van der Waals surface area contributed by atoms with E-state index in [0.29, 0.717) is 11.5 Å².